The van der Waals surface area contributed by atoms with Crippen molar-refractivity contribution >= 4 is 17.4 Å². The van der Waals surface area contributed by atoms with Crippen LogP contribution in [-0.4, -0.2) is 39.8 Å². The number of nitrogens with zero attached hydrogens (tertiary/aromatic N) is 1. The number of hydrogen-bond acceptors (Lipinski definition) is 4. The molecule has 0 saturated heterocycles. The van der Waals surface area contributed by atoms with Gasteiger partial charge in [0.15, 0.2) is 5.69 Å². The van der Waals surface area contributed by atoms with E-state index in [0.29, 0.717) is 11.1 Å². The first-order chi connectivity index (χ1) is 9.97. The zero-order valence-corrected chi connectivity index (χ0v) is 10.9. The summed E-state index contributed by atoms with van der Waals surface area (Å²) in [4.78, 5) is 25.8. The number of carbonyl (C=O) groups is 2. The summed E-state index contributed by atoms with van der Waals surface area (Å²) < 4.78 is 13.0. The molecule has 21 heavy (non-hydrogen) atoms. The van der Waals surface area contributed by atoms with Crippen molar-refractivity contribution in [2.45, 2.75) is 12.6 Å². The topological polar surface area (TPSA) is 99.5 Å². The predicted molar refractivity (Wildman–Crippen MR) is 72.5 cm³/mol. The molecule has 1 aliphatic carbocycles. The molecule has 0 fully saturated rings. The number of rotatable bonds is 4. The fourth-order valence-electron chi connectivity index (χ4n) is 1.83. The van der Waals surface area contributed by atoms with Gasteiger partial charge >= 0.3 is 5.97 Å². The number of nitrogens with one attached hydrogen (secondary N) is 1. The molecule has 1 heterocycles. The lowest BCUT2D eigenvalue weighted by Crippen LogP contribution is -2.29. The lowest BCUT2D eigenvalue weighted by Gasteiger charge is -2.11. The molecule has 0 saturated carbocycles. The van der Waals surface area contributed by atoms with Gasteiger partial charge in [0.05, 0.1) is 0 Å². The fraction of sp³-hybridized carbons (Fsp3) is 0.214. The molecule has 0 bridgehead atoms. The maximum absolute atomic E-state index is 13.0. The number of halogens is 1. The highest BCUT2D eigenvalue weighted by atomic mass is 19.1. The third-order valence-electron chi connectivity index (χ3n) is 2.86. The van der Waals surface area contributed by atoms with Gasteiger partial charge < -0.3 is 15.5 Å². The number of alkyl halides is 1. The minimum atomic E-state index is -1.20. The summed E-state index contributed by atoms with van der Waals surface area (Å²) >= 11 is 0. The zero-order chi connectivity index (χ0) is 15.4. The van der Waals surface area contributed by atoms with E-state index in [2.05, 4.69) is 10.3 Å². The Morgan fingerprint density at radius 1 is 1.48 bits per heavy atom. The molecule has 0 spiro atoms. The Morgan fingerprint density at radius 2 is 2.24 bits per heavy atom. The molecule has 1 aliphatic rings. The van der Waals surface area contributed by atoms with E-state index < -0.39 is 24.6 Å². The van der Waals surface area contributed by atoms with Crippen LogP contribution in [0.5, 0.6) is 5.75 Å². The summed E-state index contributed by atoms with van der Waals surface area (Å²) in [6.07, 6.45) is 5.24. The number of allylic oxidation sites excluding steroid dienone is 4. The lowest BCUT2D eigenvalue weighted by molar-refractivity contribution is -0.135. The highest BCUT2D eigenvalue weighted by molar-refractivity contribution is 5.96. The second-order valence-corrected chi connectivity index (χ2v) is 4.44. The Balaban J connectivity index is 2.16. The lowest BCUT2D eigenvalue weighted by atomic mass is 10.00. The van der Waals surface area contributed by atoms with Crippen molar-refractivity contribution in [3.8, 4) is 5.75 Å². The quantitative estimate of drug-likeness (QED) is 0.776. The zero-order valence-electron chi connectivity index (χ0n) is 10.9. The van der Waals surface area contributed by atoms with Gasteiger partial charge in [-0.25, -0.2) is 9.37 Å². The molecule has 1 atom stereocenters. The standard InChI is InChI=1S/C14H13FN2O4/c15-10-3-1-8(2-4-10)9-5-11(18)13(16-6-9)14(21)17-7-12(19)20/h1-3,5-6,10,18H,4,7H2,(H,17,21)(H,19,20). The molecule has 0 aliphatic heterocycles. The molecule has 2 rings (SSSR count). The number of aliphatic carboxylic acids is 1. The van der Waals surface area contributed by atoms with E-state index in [9.17, 15) is 19.1 Å². The van der Waals surface area contributed by atoms with Crippen molar-refractivity contribution in [1.82, 2.24) is 10.3 Å². The van der Waals surface area contributed by atoms with Crippen molar-refractivity contribution in [2.24, 2.45) is 0 Å². The van der Waals surface area contributed by atoms with Crippen LogP contribution < -0.4 is 5.32 Å². The second-order valence-electron chi connectivity index (χ2n) is 4.44. The van der Waals surface area contributed by atoms with Crippen molar-refractivity contribution < 1.29 is 24.2 Å². The molecule has 1 aromatic heterocycles. The molecular weight excluding hydrogens is 279 g/mol. The van der Waals surface area contributed by atoms with Gasteiger partial charge in [-0.05, 0) is 17.7 Å². The molecule has 0 radical (unpaired) electrons. The van der Waals surface area contributed by atoms with Gasteiger partial charge in [0.25, 0.3) is 5.91 Å². The van der Waals surface area contributed by atoms with Crippen molar-refractivity contribution in [3.63, 3.8) is 0 Å². The van der Waals surface area contributed by atoms with Gasteiger partial charge in [-0.2, -0.15) is 0 Å². The highest BCUT2D eigenvalue weighted by Crippen LogP contribution is 2.26. The largest absolute Gasteiger partial charge is 0.505 e. The average Bonchev–Trinajstić information content (AvgIpc) is 2.45. The number of hydrogen-bond donors (Lipinski definition) is 3. The van der Waals surface area contributed by atoms with E-state index in [4.69, 9.17) is 5.11 Å². The third-order valence-corrected chi connectivity index (χ3v) is 2.86. The number of pyridine rings is 1. The van der Waals surface area contributed by atoms with Gasteiger partial charge in [-0.15, -0.1) is 0 Å². The maximum Gasteiger partial charge on any atom is 0.322 e. The Hall–Kier alpha value is -2.70. The van der Waals surface area contributed by atoms with E-state index in [1.54, 1.807) is 12.2 Å². The number of carboxylic acid groups (broad SMARTS) is 1. The SMILES string of the molecule is O=C(O)CNC(=O)c1ncc(C2=CCC(F)C=C2)cc1O. The summed E-state index contributed by atoms with van der Waals surface area (Å²) in [7, 11) is 0. The first-order valence-electron chi connectivity index (χ1n) is 6.19. The summed E-state index contributed by atoms with van der Waals surface area (Å²) in [5, 5.41) is 20.4. The van der Waals surface area contributed by atoms with Crippen LogP contribution in [0.3, 0.4) is 0 Å². The number of carbonyl (C=O) groups excluding carboxylic acids is 1. The Morgan fingerprint density at radius 3 is 2.81 bits per heavy atom. The monoisotopic (exact) mass is 292 g/mol. The normalized spacial score (nSPS) is 17.2. The number of aromatic nitrogens is 1. The van der Waals surface area contributed by atoms with Crippen LogP contribution in [0, 0.1) is 0 Å². The Kier molecular flexibility index (Phi) is 4.32. The van der Waals surface area contributed by atoms with Gasteiger partial charge in [-0.1, -0.05) is 12.2 Å². The predicted octanol–water partition coefficient (Wildman–Crippen LogP) is 1.28. The molecule has 3 N–H and O–H groups in total. The van der Waals surface area contributed by atoms with E-state index in [1.807, 2.05) is 0 Å². The van der Waals surface area contributed by atoms with Crippen molar-refractivity contribution in [1.29, 1.82) is 0 Å². The average molecular weight is 292 g/mol. The van der Waals surface area contributed by atoms with E-state index in [-0.39, 0.29) is 17.9 Å². The van der Waals surface area contributed by atoms with Crippen LogP contribution in [0.15, 0.2) is 30.5 Å². The molecular formula is C14H13FN2O4. The van der Waals surface area contributed by atoms with Crippen molar-refractivity contribution in [3.05, 3.63) is 41.7 Å². The molecule has 1 aromatic rings. The maximum atomic E-state index is 13.0. The number of amides is 1. The first kappa shape index (κ1) is 14.7. The van der Waals surface area contributed by atoms with E-state index >= 15 is 0 Å². The van der Waals surface area contributed by atoms with Crippen LogP contribution >= 0.6 is 0 Å². The minimum absolute atomic E-state index is 0.243. The second kappa shape index (κ2) is 6.17. The van der Waals surface area contributed by atoms with Crippen LogP contribution in [0.4, 0.5) is 4.39 Å². The first-order valence-corrected chi connectivity index (χ1v) is 6.19. The van der Waals surface area contributed by atoms with Crippen LogP contribution in [0.25, 0.3) is 5.57 Å². The van der Waals surface area contributed by atoms with Gasteiger partial charge in [-0.3, -0.25) is 9.59 Å². The molecule has 7 heteroatoms. The summed E-state index contributed by atoms with van der Waals surface area (Å²) in [6, 6.07) is 1.33. The summed E-state index contributed by atoms with van der Waals surface area (Å²) in [6.45, 7) is -0.562. The molecule has 0 aromatic carbocycles. The van der Waals surface area contributed by atoms with Crippen LogP contribution in [0.2, 0.25) is 0 Å². The van der Waals surface area contributed by atoms with Gasteiger partial charge in [0.1, 0.15) is 18.5 Å². The minimum Gasteiger partial charge on any atom is -0.505 e. The Bertz CT molecular complexity index is 640. The van der Waals surface area contributed by atoms with Crippen molar-refractivity contribution in [2.75, 3.05) is 6.54 Å². The van der Waals surface area contributed by atoms with E-state index in [1.165, 1.54) is 18.3 Å². The molecule has 1 amide bonds. The molecule has 6 nitrogen and oxygen atoms in total. The van der Waals surface area contributed by atoms with E-state index in [0.717, 1.165) is 0 Å². The van der Waals surface area contributed by atoms with Crippen LogP contribution in [0.1, 0.15) is 22.5 Å². The van der Waals surface area contributed by atoms with Gasteiger partial charge in [0, 0.05) is 18.2 Å². The smallest absolute Gasteiger partial charge is 0.322 e. The highest BCUT2D eigenvalue weighted by Gasteiger charge is 2.16. The van der Waals surface area contributed by atoms with Gasteiger partial charge in [0.2, 0.25) is 0 Å². The summed E-state index contributed by atoms with van der Waals surface area (Å²) in [5.74, 6) is -2.34. The number of aromatic hydroxyl groups is 1. The Labute approximate surface area is 119 Å². The summed E-state index contributed by atoms with van der Waals surface area (Å²) in [5.41, 5.74) is 0.985. The molecule has 1 unspecified atom stereocenters. The fourth-order valence-corrected chi connectivity index (χ4v) is 1.83. The number of carboxylic acids is 1. The van der Waals surface area contributed by atoms with Crippen LogP contribution in [-0.2, 0) is 4.79 Å². The third kappa shape index (κ3) is 3.65. The molecule has 110 valence electrons.